The van der Waals surface area contributed by atoms with E-state index in [0.29, 0.717) is 6.42 Å². The van der Waals surface area contributed by atoms with Crippen LogP contribution >= 0.6 is 0 Å². The van der Waals surface area contributed by atoms with Gasteiger partial charge in [0.25, 0.3) is 0 Å². The van der Waals surface area contributed by atoms with Crippen LogP contribution in [0.25, 0.3) is 0 Å². The lowest BCUT2D eigenvalue weighted by molar-refractivity contribution is 0.00304. The van der Waals surface area contributed by atoms with Crippen molar-refractivity contribution in [2.75, 3.05) is 19.8 Å². The molecule has 5 nitrogen and oxygen atoms in total. The molecule has 0 fully saturated rings. The molecule has 0 bridgehead atoms. The average Bonchev–Trinajstić information content (AvgIpc) is 2.13. The Labute approximate surface area is 80.3 Å². The Balaban J connectivity index is -0.0000000941. The highest BCUT2D eigenvalue weighted by molar-refractivity contribution is 4.74. The lowest BCUT2D eigenvalue weighted by Gasteiger charge is -2.24. The maximum atomic E-state index is 8.66. The molecule has 0 heterocycles. The zero-order chi connectivity index (χ0) is 9.33. The summed E-state index contributed by atoms with van der Waals surface area (Å²) in [6.45, 7) is 7.35. The van der Waals surface area contributed by atoms with Crippen LogP contribution in [0.15, 0.2) is 13.2 Å². The molecule has 0 unspecified atom stereocenters. The van der Waals surface area contributed by atoms with Gasteiger partial charge in [-0.25, -0.2) is 0 Å². The van der Waals surface area contributed by atoms with E-state index < -0.39 is 5.41 Å². The van der Waals surface area contributed by atoms with Crippen molar-refractivity contribution >= 4 is 0 Å². The second kappa shape index (κ2) is 14.1. The minimum atomic E-state index is -0.667. The Kier molecular flexibility index (Phi) is 24.8. The summed E-state index contributed by atoms with van der Waals surface area (Å²) in [6, 6.07) is 0. The van der Waals surface area contributed by atoms with Crippen molar-refractivity contribution in [1.29, 1.82) is 0 Å². The Morgan fingerprint density at radius 1 is 0.923 bits per heavy atom. The first-order valence-corrected chi connectivity index (χ1v) is 3.57. The molecule has 84 valence electrons. The van der Waals surface area contributed by atoms with E-state index in [2.05, 4.69) is 13.2 Å². The van der Waals surface area contributed by atoms with Crippen LogP contribution in [-0.2, 0) is 0 Å². The SMILES string of the molecule is C=C.CCC(CO)(CO)CO.N.N. The molecule has 0 saturated heterocycles. The van der Waals surface area contributed by atoms with Gasteiger partial charge in [-0.15, -0.1) is 13.2 Å². The molecule has 13 heavy (non-hydrogen) atoms. The fraction of sp³-hybridized carbons (Fsp3) is 0.750. The van der Waals surface area contributed by atoms with Crippen molar-refractivity contribution in [2.45, 2.75) is 13.3 Å². The first-order valence-electron chi connectivity index (χ1n) is 3.57. The van der Waals surface area contributed by atoms with Gasteiger partial charge in [0, 0.05) is 5.41 Å². The standard InChI is InChI=1S/C6H14O3.C2H4.2H3N/c1-2-6(3-7,4-8)5-9;1-2;;/h7-9H,2-5H2,1H3;1-2H2;2*1H3. The van der Waals surface area contributed by atoms with Gasteiger partial charge in [0.15, 0.2) is 0 Å². The average molecular weight is 196 g/mol. The minimum Gasteiger partial charge on any atom is -0.396 e. The van der Waals surface area contributed by atoms with Gasteiger partial charge >= 0.3 is 0 Å². The minimum absolute atomic E-state index is 0. The molecule has 0 aromatic rings. The smallest absolute Gasteiger partial charge is 0.0531 e. The van der Waals surface area contributed by atoms with Gasteiger partial charge in [-0.05, 0) is 6.42 Å². The van der Waals surface area contributed by atoms with Gasteiger partial charge in [0.1, 0.15) is 0 Å². The van der Waals surface area contributed by atoms with Crippen LogP contribution in [-0.4, -0.2) is 35.1 Å². The van der Waals surface area contributed by atoms with Crippen LogP contribution in [0.5, 0.6) is 0 Å². The van der Waals surface area contributed by atoms with Crippen LogP contribution < -0.4 is 12.3 Å². The van der Waals surface area contributed by atoms with Crippen molar-refractivity contribution in [1.82, 2.24) is 12.3 Å². The predicted molar refractivity (Wildman–Crippen MR) is 55.3 cm³/mol. The third-order valence-electron chi connectivity index (χ3n) is 1.76. The van der Waals surface area contributed by atoms with Crippen LogP contribution in [0.1, 0.15) is 13.3 Å². The number of hydrogen-bond donors (Lipinski definition) is 5. The summed E-state index contributed by atoms with van der Waals surface area (Å²) in [5, 5.41) is 26.0. The summed E-state index contributed by atoms with van der Waals surface area (Å²) in [5.41, 5.74) is -0.667. The Hall–Kier alpha value is -0.460. The predicted octanol–water partition coefficient (Wildman–Crippen LogP) is 0.486. The van der Waals surface area contributed by atoms with Gasteiger partial charge in [0.05, 0.1) is 19.8 Å². The molecule has 0 spiro atoms. The van der Waals surface area contributed by atoms with Gasteiger partial charge in [-0.2, -0.15) is 0 Å². The fourth-order valence-electron chi connectivity index (χ4n) is 0.485. The van der Waals surface area contributed by atoms with E-state index >= 15 is 0 Å². The van der Waals surface area contributed by atoms with Crippen molar-refractivity contribution in [3.8, 4) is 0 Å². The topological polar surface area (TPSA) is 131 Å². The first-order chi connectivity index (χ1) is 5.24. The normalized spacial score (nSPS) is 8.62. The van der Waals surface area contributed by atoms with Crippen LogP contribution in [0.3, 0.4) is 0 Å². The molecule has 0 rings (SSSR count). The van der Waals surface area contributed by atoms with Gasteiger partial charge in [-0.1, -0.05) is 6.92 Å². The molecule has 0 aliphatic heterocycles. The van der Waals surface area contributed by atoms with Crippen molar-refractivity contribution in [2.24, 2.45) is 5.41 Å². The van der Waals surface area contributed by atoms with E-state index in [9.17, 15) is 0 Å². The molecule has 5 heteroatoms. The highest BCUT2D eigenvalue weighted by Crippen LogP contribution is 2.18. The quantitative estimate of drug-likeness (QED) is 0.417. The molecular weight excluding hydrogens is 172 g/mol. The number of aliphatic hydroxyl groups is 3. The van der Waals surface area contributed by atoms with Crippen LogP contribution in [0.4, 0.5) is 0 Å². The van der Waals surface area contributed by atoms with E-state index in [0.717, 1.165) is 0 Å². The monoisotopic (exact) mass is 196 g/mol. The zero-order valence-corrected chi connectivity index (χ0v) is 8.50. The highest BCUT2D eigenvalue weighted by atomic mass is 16.3. The maximum absolute atomic E-state index is 8.66. The summed E-state index contributed by atoms with van der Waals surface area (Å²) in [7, 11) is 0. The van der Waals surface area contributed by atoms with Gasteiger partial charge < -0.3 is 27.6 Å². The molecule has 0 aliphatic rings. The zero-order valence-electron chi connectivity index (χ0n) is 8.50. The lowest BCUT2D eigenvalue weighted by atomic mass is 9.88. The third-order valence-corrected chi connectivity index (χ3v) is 1.76. The number of aliphatic hydroxyl groups excluding tert-OH is 3. The van der Waals surface area contributed by atoms with Crippen LogP contribution in [0.2, 0.25) is 0 Å². The summed E-state index contributed by atoms with van der Waals surface area (Å²) >= 11 is 0. The van der Waals surface area contributed by atoms with Crippen molar-refractivity contribution in [3.63, 3.8) is 0 Å². The van der Waals surface area contributed by atoms with E-state index in [-0.39, 0.29) is 32.1 Å². The van der Waals surface area contributed by atoms with E-state index in [1.165, 1.54) is 0 Å². The molecule has 0 amide bonds. The summed E-state index contributed by atoms with van der Waals surface area (Å²) in [6.07, 6.45) is 0.594. The van der Waals surface area contributed by atoms with E-state index in [1.54, 1.807) is 0 Å². The lowest BCUT2D eigenvalue weighted by Crippen LogP contribution is -2.32. The summed E-state index contributed by atoms with van der Waals surface area (Å²) < 4.78 is 0. The molecule has 0 aliphatic carbocycles. The summed E-state index contributed by atoms with van der Waals surface area (Å²) in [4.78, 5) is 0. The van der Waals surface area contributed by atoms with E-state index in [1.807, 2.05) is 6.92 Å². The maximum Gasteiger partial charge on any atom is 0.0531 e. The molecule has 0 aromatic carbocycles. The molecule has 0 radical (unpaired) electrons. The van der Waals surface area contributed by atoms with Crippen molar-refractivity contribution < 1.29 is 15.3 Å². The Morgan fingerprint density at radius 3 is 1.15 bits per heavy atom. The van der Waals surface area contributed by atoms with Crippen LogP contribution in [0, 0.1) is 5.41 Å². The molecule has 0 aromatic heterocycles. The Morgan fingerprint density at radius 2 is 1.15 bits per heavy atom. The van der Waals surface area contributed by atoms with Gasteiger partial charge in [-0.3, -0.25) is 0 Å². The largest absolute Gasteiger partial charge is 0.396 e. The number of rotatable bonds is 4. The molecular formula is C8H24N2O3. The fourth-order valence-corrected chi connectivity index (χ4v) is 0.485. The summed E-state index contributed by atoms with van der Waals surface area (Å²) in [5.74, 6) is 0. The van der Waals surface area contributed by atoms with Crippen molar-refractivity contribution in [3.05, 3.63) is 13.2 Å². The van der Waals surface area contributed by atoms with Gasteiger partial charge in [0.2, 0.25) is 0 Å². The molecule has 0 saturated carbocycles. The Bertz CT molecular complexity index is 69.9. The first kappa shape index (κ1) is 22.9. The second-order valence-electron chi connectivity index (χ2n) is 2.33. The number of hydrogen-bond acceptors (Lipinski definition) is 5. The highest BCUT2D eigenvalue weighted by Gasteiger charge is 2.24. The third kappa shape index (κ3) is 7.89. The molecule has 0 atom stereocenters. The molecule has 9 N–H and O–H groups in total. The van der Waals surface area contributed by atoms with E-state index in [4.69, 9.17) is 15.3 Å². The second-order valence-corrected chi connectivity index (χ2v) is 2.33.